The summed E-state index contributed by atoms with van der Waals surface area (Å²) in [6.07, 6.45) is 2.96. The van der Waals surface area contributed by atoms with Crippen molar-refractivity contribution in [3.05, 3.63) is 63.8 Å². The maximum atomic E-state index is 11.4. The van der Waals surface area contributed by atoms with Gasteiger partial charge < -0.3 is 20.5 Å². The van der Waals surface area contributed by atoms with Crippen LogP contribution in [0.1, 0.15) is 28.8 Å². The van der Waals surface area contributed by atoms with Crippen molar-refractivity contribution in [2.75, 3.05) is 18.4 Å². The first-order chi connectivity index (χ1) is 12.5. The topological polar surface area (TPSA) is 109 Å². The molecule has 0 bridgehead atoms. The quantitative estimate of drug-likeness (QED) is 0.605. The summed E-state index contributed by atoms with van der Waals surface area (Å²) in [5.74, 6) is -1.68. The Morgan fingerprint density at radius 1 is 1.31 bits per heavy atom. The van der Waals surface area contributed by atoms with Gasteiger partial charge in [0.15, 0.2) is 6.20 Å². The molecule has 8 nitrogen and oxygen atoms in total. The predicted molar refractivity (Wildman–Crippen MR) is 96.2 cm³/mol. The standard InChI is InChI=1S/C18H20N4O4/c23-18(24)15-10-17(22(25)26)19-11-16(15)20-14-6-8-21(9-7-14)12-13-4-2-1-3-5-13/h1-5,10-11,14,20H,6-9,12H2,(H,23,24). The molecule has 1 saturated heterocycles. The molecule has 0 spiro atoms. The Morgan fingerprint density at radius 2 is 2.00 bits per heavy atom. The fraction of sp³-hybridized carbons (Fsp3) is 0.333. The number of nitro groups is 1. The van der Waals surface area contributed by atoms with Crippen LogP contribution in [0.25, 0.3) is 0 Å². The zero-order valence-electron chi connectivity index (χ0n) is 14.2. The number of likely N-dealkylation sites (tertiary alicyclic amines) is 1. The number of carboxylic acid groups (broad SMARTS) is 1. The first-order valence-corrected chi connectivity index (χ1v) is 8.43. The first kappa shape index (κ1) is 17.8. The van der Waals surface area contributed by atoms with E-state index in [1.807, 2.05) is 18.2 Å². The smallest absolute Gasteiger partial charge is 0.364 e. The molecule has 2 aromatic rings. The lowest BCUT2D eigenvalue weighted by Crippen LogP contribution is -2.38. The van der Waals surface area contributed by atoms with Gasteiger partial charge >= 0.3 is 11.8 Å². The molecule has 2 heterocycles. The molecule has 0 radical (unpaired) electrons. The summed E-state index contributed by atoms with van der Waals surface area (Å²) in [6, 6.07) is 11.4. The molecule has 0 saturated carbocycles. The molecule has 1 aliphatic heterocycles. The predicted octanol–water partition coefficient (Wildman–Crippen LogP) is 2.76. The van der Waals surface area contributed by atoms with Gasteiger partial charge in [-0.3, -0.25) is 4.90 Å². The minimum Gasteiger partial charge on any atom is -0.478 e. The Bertz CT molecular complexity index is 789. The third-order valence-corrected chi connectivity index (χ3v) is 4.50. The molecule has 8 heteroatoms. The number of pyridine rings is 1. The summed E-state index contributed by atoms with van der Waals surface area (Å²) in [5.41, 5.74) is 1.47. The SMILES string of the molecule is O=C(O)c1cc([N+](=O)[O-])ncc1NC1CCN(Cc2ccccc2)CC1. The van der Waals surface area contributed by atoms with Gasteiger partial charge in [0, 0.05) is 25.7 Å². The van der Waals surface area contributed by atoms with E-state index >= 15 is 0 Å². The van der Waals surface area contributed by atoms with Crippen LogP contribution in [0.15, 0.2) is 42.6 Å². The van der Waals surface area contributed by atoms with E-state index in [1.165, 1.54) is 11.8 Å². The summed E-state index contributed by atoms with van der Waals surface area (Å²) in [5, 5.41) is 23.3. The van der Waals surface area contributed by atoms with Crippen LogP contribution in [0, 0.1) is 10.1 Å². The lowest BCUT2D eigenvalue weighted by Gasteiger charge is -2.32. The number of piperidine rings is 1. The molecule has 1 fully saturated rings. The average molecular weight is 356 g/mol. The van der Waals surface area contributed by atoms with Gasteiger partial charge in [0.1, 0.15) is 0 Å². The van der Waals surface area contributed by atoms with Crippen LogP contribution in [-0.2, 0) is 6.54 Å². The van der Waals surface area contributed by atoms with E-state index in [2.05, 4.69) is 27.3 Å². The lowest BCUT2D eigenvalue weighted by atomic mass is 10.0. The normalized spacial score (nSPS) is 15.5. The Labute approximate surface area is 150 Å². The Balaban J connectivity index is 1.61. The number of nitrogens with zero attached hydrogens (tertiary/aromatic N) is 3. The molecular formula is C18H20N4O4. The summed E-state index contributed by atoms with van der Waals surface area (Å²) in [6.45, 7) is 2.69. The first-order valence-electron chi connectivity index (χ1n) is 8.43. The minimum atomic E-state index is -1.21. The number of aromatic nitrogens is 1. The highest BCUT2D eigenvalue weighted by Gasteiger charge is 2.23. The number of aromatic carboxylic acids is 1. The Morgan fingerprint density at radius 3 is 2.62 bits per heavy atom. The van der Waals surface area contributed by atoms with E-state index in [4.69, 9.17) is 0 Å². The summed E-state index contributed by atoms with van der Waals surface area (Å²) < 4.78 is 0. The number of carboxylic acids is 1. The fourth-order valence-corrected chi connectivity index (χ4v) is 3.13. The maximum Gasteiger partial charge on any atom is 0.364 e. The number of anilines is 1. The highest BCUT2D eigenvalue weighted by molar-refractivity contribution is 5.94. The second-order valence-corrected chi connectivity index (χ2v) is 6.33. The third-order valence-electron chi connectivity index (χ3n) is 4.50. The average Bonchev–Trinajstić information content (AvgIpc) is 2.64. The summed E-state index contributed by atoms with van der Waals surface area (Å²) >= 11 is 0. The van der Waals surface area contributed by atoms with Crippen LogP contribution < -0.4 is 5.32 Å². The van der Waals surface area contributed by atoms with Crippen molar-refractivity contribution >= 4 is 17.5 Å². The fourth-order valence-electron chi connectivity index (χ4n) is 3.13. The third kappa shape index (κ3) is 4.34. The van der Waals surface area contributed by atoms with E-state index in [9.17, 15) is 20.0 Å². The molecule has 1 aliphatic rings. The molecule has 0 unspecified atom stereocenters. The van der Waals surface area contributed by atoms with Crippen molar-refractivity contribution in [1.29, 1.82) is 0 Å². The van der Waals surface area contributed by atoms with E-state index in [0.29, 0.717) is 5.69 Å². The van der Waals surface area contributed by atoms with Gasteiger partial charge in [-0.2, -0.15) is 0 Å². The molecule has 3 rings (SSSR count). The second kappa shape index (κ2) is 7.92. The van der Waals surface area contributed by atoms with Gasteiger partial charge in [0.25, 0.3) is 0 Å². The largest absolute Gasteiger partial charge is 0.478 e. The molecule has 26 heavy (non-hydrogen) atoms. The van der Waals surface area contributed by atoms with Crippen LogP contribution in [-0.4, -0.2) is 45.0 Å². The van der Waals surface area contributed by atoms with Gasteiger partial charge in [-0.25, -0.2) is 4.79 Å². The van der Waals surface area contributed by atoms with E-state index in [-0.39, 0.29) is 11.6 Å². The molecular weight excluding hydrogens is 336 g/mol. The number of rotatable bonds is 6. The van der Waals surface area contributed by atoms with Crippen molar-refractivity contribution in [2.45, 2.75) is 25.4 Å². The minimum absolute atomic E-state index is 0.114. The van der Waals surface area contributed by atoms with Crippen molar-refractivity contribution in [3.8, 4) is 0 Å². The van der Waals surface area contributed by atoms with Gasteiger partial charge in [0.05, 0.1) is 17.3 Å². The van der Waals surface area contributed by atoms with E-state index in [0.717, 1.165) is 38.5 Å². The molecule has 0 amide bonds. The molecule has 1 aromatic carbocycles. The van der Waals surface area contributed by atoms with Gasteiger partial charge in [-0.1, -0.05) is 30.3 Å². The lowest BCUT2D eigenvalue weighted by molar-refractivity contribution is -0.389. The summed E-state index contributed by atoms with van der Waals surface area (Å²) in [4.78, 5) is 27.6. The summed E-state index contributed by atoms with van der Waals surface area (Å²) in [7, 11) is 0. The molecule has 136 valence electrons. The van der Waals surface area contributed by atoms with Crippen molar-refractivity contribution in [2.24, 2.45) is 0 Å². The van der Waals surface area contributed by atoms with Crippen molar-refractivity contribution in [1.82, 2.24) is 9.88 Å². The van der Waals surface area contributed by atoms with Gasteiger partial charge in [-0.15, -0.1) is 0 Å². The van der Waals surface area contributed by atoms with E-state index in [1.54, 1.807) is 0 Å². The van der Waals surface area contributed by atoms with Crippen LogP contribution in [0.3, 0.4) is 0 Å². The maximum absolute atomic E-state index is 11.4. The molecule has 0 atom stereocenters. The zero-order valence-corrected chi connectivity index (χ0v) is 14.2. The number of benzene rings is 1. The van der Waals surface area contributed by atoms with Crippen LogP contribution in [0.4, 0.5) is 11.5 Å². The van der Waals surface area contributed by atoms with Crippen molar-refractivity contribution < 1.29 is 14.8 Å². The van der Waals surface area contributed by atoms with Gasteiger partial charge in [-0.05, 0) is 28.3 Å². The monoisotopic (exact) mass is 356 g/mol. The molecule has 2 N–H and O–H groups in total. The van der Waals surface area contributed by atoms with Crippen LogP contribution in [0.5, 0.6) is 0 Å². The van der Waals surface area contributed by atoms with Gasteiger partial charge in [0.2, 0.25) is 0 Å². The van der Waals surface area contributed by atoms with Crippen LogP contribution in [0.2, 0.25) is 0 Å². The number of hydrogen-bond acceptors (Lipinski definition) is 6. The number of carbonyl (C=O) groups is 1. The Hall–Kier alpha value is -3.00. The van der Waals surface area contributed by atoms with E-state index < -0.39 is 16.7 Å². The molecule has 1 aromatic heterocycles. The highest BCUT2D eigenvalue weighted by Crippen LogP contribution is 2.23. The zero-order chi connectivity index (χ0) is 18.5. The Kier molecular flexibility index (Phi) is 5.43. The number of hydrogen-bond donors (Lipinski definition) is 2. The highest BCUT2D eigenvalue weighted by atomic mass is 16.6. The molecule has 0 aliphatic carbocycles. The van der Waals surface area contributed by atoms with Crippen LogP contribution >= 0.6 is 0 Å². The van der Waals surface area contributed by atoms with Crippen molar-refractivity contribution in [3.63, 3.8) is 0 Å². The second-order valence-electron chi connectivity index (χ2n) is 6.33. The number of nitrogens with one attached hydrogen (secondary N) is 1.